The van der Waals surface area contributed by atoms with E-state index in [9.17, 15) is 26.7 Å². The molecule has 0 bridgehead atoms. The van der Waals surface area contributed by atoms with Gasteiger partial charge in [-0.15, -0.1) is 0 Å². The third-order valence-corrected chi connectivity index (χ3v) is 6.53. The zero-order valence-corrected chi connectivity index (χ0v) is 18.3. The summed E-state index contributed by atoms with van der Waals surface area (Å²) >= 11 is 0. The molecule has 3 heterocycles. The van der Waals surface area contributed by atoms with Gasteiger partial charge in [0.2, 0.25) is 0 Å². The number of benzene rings is 1. The lowest BCUT2D eigenvalue weighted by Gasteiger charge is -2.26. The largest absolute Gasteiger partial charge is 0.417 e. The van der Waals surface area contributed by atoms with Crippen LogP contribution in [-0.4, -0.2) is 44.9 Å². The first-order chi connectivity index (χ1) is 16.7. The van der Waals surface area contributed by atoms with Crippen LogP contribution in [0.2, 0.25) is 0 Å². The van der Waals surface area contributed by atoms with Gasteiger partial charge in [-0.25, -0.2) is 23.7 Å². The Labute approximate surface area is 197 Å². The summed E-state index contributed by atoms with van der Waals surface area (Å²) in [5.41, 5.74) is -0.740. The minimum atomic E-state index is -4.70. The Morgan fingerprint density at radius 3 is 2.51 bits per heavy atom. The van der Waals surface area contributed by atoms with Crippen molar-refractivity contribution in [3.63, 3.8) is 0 Å². The molecule has 5 rings (SSSR count). The predicted molar refractivity (Wildman–Crippen MR) is 116 cm³/mol. The van der Waals surface area contributed by atoms with Crippen LogP contribution in [0.15, 0.2) is 48.9 Å². The zero-order chi connectivity index (χ0) is 24.8. The highest BCUT2D eigenvalue weighted by Gasteiger charge is 2.53. The Morgan fingerprint density at radius 1 is 1.11 bits per heavy atom. The fourth-order valence-electron chi connectivity index (χ4n) is 4.54. The molecule has 1 saturated carbocycles. The van der Waals surface area contributed by atoms with Crippen molar-refractivity contribution >= 4 is 11.7 Å². The molecular weight excluding hydrogens is 469 g/mol. The molecule has 1 aliphatic carbocycles. The number of hydrogen-bond acceptors (Lipinski definition) is 5. The highest BCUT2D eigenvalue weighted by atomic mass is 19.4. The van der Waals surface area contributed by atoms with E-state index in [1.54, 1.807) is 11.0 Å². The number of likely N-dealkylation sites (tertiary alicyclic amines) is 1. The minimum absolute atomic E-state index is 0.0507. The topological polar surface area (TPSA) is 71.0 Å². The zero-order valence-electron chi connectivity index (χ0n) is 18.3. The Hall–Kier alpha value is -3.63. The molecule has 2 aromatic heterocycles. The van der Waals surface area contributed by atoms with Crippen molar-refractivity contribution in [3.8, 4) is 11.4 Å². The first kappa shape index (κ1) is 23.1. The van der Waals surface area contributed by atoms with Crippen molar-refractivity contribution in [1.82, 2.24) is 19.9 Å². The summed E-state index contributed by atoms with van der Waals surface area (Å²) in [6.07, 6.45) is 1.39. The molecule has 1 saturated heterocycles. The number of hydrogen-bond donors (Lipinski definition) is 1. The summed E-state index contributed by atoms with van der Waals surface area (Å²) < 4.78 is 66.8. The van der Waals surface area contributed by atoms with Crippen molar-refractivity contribution in [2.75, 3.05) is 18.4 Å². The average molecular weight is 489 g/mol. The quantitative estimate of drug-likeness (QED) is 0.514. The van der Waals surface area contributed by atoms with E-state index >= 15 is 0 Å². The van der Waals surface area contributed by atoms with Gasteiger partial charge < -0.3 is 10.2 Å². The molecule has 1 N–H and O–H groups in total. The van der Waals surface area contributed by atoms with Gasteiger partial charge in [-0.1, -0.05) is 0 Å². The number of carbonyl (C=O) groups excluding carboxylic acids is 1. The van der Waals surface area contributed by atoms with E-state index in [0.29, 0.717) is 30.8 Å². The lowest BCUT2D eigenvalue weighted by molar-refractivity contribution is -0.138. The maximum Gasteiger partial charge on any atom is 0.417 e. The minimum Gasteiger partial charge on any atom is -0.366 e. The second kappa shape index (κ2) is 8.54. The van der Waals surface area contributed by atoms with Crippen molar-refractivity contribution in [2.24, 2.45) is 5.41 Å². The monoisotopic (exact) mass is 489 g/mol. The van der Waals surface area contributed by atoms with Crippen LogP contribution in [0.3, 0.4) is 0 Å². The van der Waals surface area contributed by atoms with E-state index in [2.05, 4.69) is 20.3 Å². The van der Waals surface area contributed by atoms with Crippen molar-refractivity contribution in [3.05, 3.63) is 71.7 Å². The van der Waals surface area contributed by atoms with Crippen LogP contribution >= 0.6 is 0 Å². The van der Waals surface area contributed by atoms with Crippen molar-refractivity contribution in [1.29, 1.82) is 0 Å². The van der Waals surface area contributed by atoms with Crippen LogP contribution in [-0.2, 0) is 6.18 Å². The third kappa shape index (κ3) is 4.67. The number of alkyl halides is 3. The van der Waals surface area contributed by atoms with Crippen LogP contribution < -0.4 is 5.32 Å². The molecule has 2 aliphatic rings. The number of rotatable bonds is 5. The van der Waals surface area contributed by atoms with Crippen molar-refractivity contribution < 1.29 is 26.7 Å². The Bertz CT molecular complexity index is 1260. The first-order valence-corrected chi connectivity index (χ1v) is 11.0. The second-order valence-electron chi connectivity index (χ2n) is 8.99. The van der Waals surface area contributed by atoms with E-state index in [1.165, 1.54) is 24.5 Å². The molecular formula is C24H20F5N5O. The fourth-order valence-corrected chi connectivity index (χ4v) is 4.54. The molecule has 1 amide bonds. The van der Waals surface area contributed by atoms with Crippen LogP contribution in [0.1, 0.15) is 35.2 Å². The summed E-state index contributed by atoms with van der Waals surface area (Å²) in [5, 5.41) is 2.75. The number of carbonyl (C=O) groups is 1. The van der Waals surface area contributed by atoms with Gasteiger partial charge in [0.05, 0.1) is 11.1 Å². The maximum absolute atomic E-state index is 14.3. The number of halogens is 5. The van der Waals surface area contributed by atoms with Crippen LogP contribution in [0.4, 0.5) is 27.8 Å². The molecule has 1 spiro atoms. The molecule has 35 heavy (non-hydrogen) atoms. The molecule has 0 radical (unpaired) electrons. The molecule has 2 fully saturated rings. The van der Waals surface area contributed by atoms with E-state index < -0.39 is 29.3 Å². The van der Waals surface area contributed by atoms with Gasteiger partial charge in [-0.3, -0.25) is 4.79 Å². The Kier molecular flexibility index (Phi) is 5.65. The van der Waals surface area contributed by atoms with Gasteiger partial charge in [0, 0.05) is 43.3 Å². The van der Waals surface area contributed by atoms with Gasteiger partial charge in [0.15, 0.2) is 17.5 Å². The molecule has 0 unspecified atom stereocenters. The normalized spacial score (nSPS) is 18.7. The number of pyridine rings is 1. The first-order valence-electron chi connectivity index (χ1n) is 11.0. The van der Waals surface area contributed by atoms with E-state index in [4.69, 9.17) is 0 Å². The SMILES string of the molecule is O=C(c1cc(F)ccc1-c1ncccn1)N1CC2(CC2)C[C@H]1CNc1ncc(C(F)(F)F)cc1F. The Morgan fingerprint density at radius 2 is 1.86 bits per heavy atom. The van der Waals surface area contributed by atoms with Gasteiger partial charge >= 0.3 is 6.18 Å². The lowest BCUT2D eigenvalue weighted by Crippen LogP contribution is -2.40. The van der Waals surface area contributed by atoms with Gasteiger partial charge in [-0.05, 0) is 55.0 Å². The number of nitrogens with one attached hydrogen (secondary N) is 1. The molecule has 182 valence electrons. The summed E-state index contributed by atoms with van der Waals surface area (Å²) in [6, 6.07) is 5.45. The highest BCUT2D eigenvalue weighted by Crippen LogP contribution is 2.55. The van der Waals surface area contributed by atoms with E-state index in [1.807, 2.05) is 0 Å². The number of anilines is 1. The standard InChI is InChI=1S/C24H20F5N5O/c25-15-2-3-17(20-30-6-1-7-31-20)18(9-15)22(35)34-13-23(4-5-23)10-16(34)12-33-21-19(26)8-14(11-32-21)24(27,28)29/h1-3,6-9,11,16H,4-5,10,12-13H2,(H,32,33)/t16-/m0/s1. The van der Waals surface area contributed by atoms with Crippen LogP contribution in [0.5, 0.6) is 0 Å². The lowest BCUT2D eigenvalue weighted by atomic mass is 10.0. The molecule has 1 atom stereocenters. The number of aromatic nitrogens is 3. The van der Waals surface area contributed by atoms with Crippen LogP contribution in [0, 0.1) is 17.0 Å². The molecule has 6 nitrogen and oxygen atoms in total. The smallest absolute Gasteiger partial charge is 0.366 e. The van der Waals surface area contributed by atoms with Gasteiger partial charge in [-0.2, -0.15) is 13.2 Å². The molecule has 1 aliphatic heterocycles. The number of nitrogens with zero attached hydrogens (tertiary/aromatic N) is 4. The van der Waals surface area contributed by atoms with E-state index in [0.717, 1.165) is 18.9 Å². The molecule has 11 heteroatoms. The Balaban J connectivity index is 1.39. The van der Waals surface area contributed by atoms with Crippen molar-refractivity contribution in [2.45, 2.75) is 31.5 Å². The summed E-state index contributed by atoms with van der Waals surface area (Å²) in [4.78, 5) is 27.1. The predicted octanol–water partition coefficient (Wildman–Crippen LogP) is 4.94. The summed E-state index contributed by atoms with van der Waals surface area (Å²) in [6.45, 7) is 0.530. The third-order valence-electron chi connectivity index (χ3n) is 6.53. The van der Waals surface area contributed by atoms with Crippen LogP contribution in [0.25, 0.3) is 11.4 Å². The van der Waals surface area contributed by atoms with Gasteiger partial charge in [0.1, 0.15) is 5.82 Å². The molecule has 1 aromatic carbocycles. The maximum atomic E-state index is 14.3. The van der Waals surface area contributed by atoms with E-state index in [-0.39, 0.29) is 35.2 Å². The molecule has 3 aromatic rings. The highest BCUT2D eigenvalue weighted by molar-refractivity contribution is 6.00. The number of amides is 1. The average Bonchev–Trinajstić information content (AvgIpc) is 3.49. The second-order valence-corrected chi connectivity index (χ2v) is 8.99. The fraction of sp³-hybridized carbons (Fsp3) is 0.333. The summed E-state index contributed by atoms with van der Waals surface area (Å²) in [5.74, 6) is -2.18. The summed E-state index contributed by atoms with van der Waals surface area (Å²) in [7, 11) is 0. The van der Waals surface area contributed by atoms with Gasteiger partial charge in [0.25, 0.3) is 5.91 Å².